The molecule has 74 valence electrons. The molecule has 0 amide bonds. The van der Waals surface area contributed by atoms with Crippen molar-refractivity contribution in [1.82, 2.24) is 0 Å². The Labute approximate surface area is 81.4 Å². The van der Waals surface area contributed by atoms with E-state index < -0.39 is 0 Å². The van der Waals surface area contributed by atoms with Crippen molar-refractivity contribution in [2.75, 3.05) is 0 Å². The second-order valence-corrected chi connectivity index (χ2v) is 4.91. The predicted molar refractivity (Wildman–Crippen MR) is 56.5 cm³/mol. The van der Waals surface area contributed by atoms with Gasteiger partial charge in [-0.1, -0.05) is 24.5 Å². The summed E-state index contributed by atoms with van der Waals surface area (Å²) >= 11 is 0. The fourth-order valence-corrected chi connectivity index (χ4v) is 2.81. The van der Waals surface area contributed by atoms with Crippen LogP contribution < -0.4 is 5.73 Å². The third-order valence-electron chi connectivity index (χ3n) is 3.60. The zero-order valence-electron chi connectivity index (χ0n) is 8.68. The van der Waals surface area contributed by atoms with E-state index in [0.717, 1.165) is 5.92 Å². The van der Waals surface area contributed by atoms with Crippen LogP contribution in [0.15, 0.2) is 11.1 Å². The first-order chi connectivity index (χ1) is 6.25. The average Bonchev–Trinajstić information content (AvgIpc) is 2.52. The van der Waals surface area contributed by atoms with Crippen LogP contribution >= 0.6 is 0 Å². The lowest BCUT2D eigenvalue weighted by Crippen LogP contribution is -2.14. The number of allylic oxidation sites excluding steroid dienone is 1. The number of nitrogens with two attached hydrogens (primary N) is 1. The molecule has 0 spiro atoms. The van der Waals surface area contributed by atoms with Crippen LogP contribution in [0, 0.1) is 5.92 Å². The average molecular weight is 179 g/mol. The molecule has 2 atom stereocenters. The summed E-state index contributed by atoms with van der Waals surface area (Å²) in [5, 5.41) is 0. The van der Waals surface area contributed by atoms with E-state index in [0.29, 0.717) is 6.04 Å². The third-order valence-corrected chi connectivity index (χ3v) is 3.60. The molecule has 0 radical (unpaired) electrons. The molecule has 2 aliphatic carbocycles. The van der Waals surface area contributed by atoms with Gasteiger partial charge in [-0.3, -0.25) is 0 Å². The molecular formula is C12H21N. The first kappa shape index (κ1) is 9.26. The second-order valence-electron chi connectivity index (χ2n) is 4.91. The number of hydrogen-bond acceptors (Lipinski definition) is 1. The molecule has 0 aromatic rings. The fourth-order valence-electron chi connectivity index (χ4n) is 2.81. The molecule has 13 heavy (non-hydrogen) atoms. The summed E-state index contributed by atoms with van der Waals surface area (Å²) in [5.41, 5.74) is 9.42. The maximum Gasteiger partial charge on any atom is 0.00792 e. The van der Waals surface area contributed by atoms with Crippen molar-refractivity contribution in [3.8, 4) is 0 Å². The number of hydrogen-bond donors (Lipinski definition) is 1. The first-order valence-electron chi connectivity index (χ1n) is 5.71. The van der Waals surface area contributed by atoms with Crippen molar-refractivity contribution < 1.29 is 0 Å². The lowest BCUT2D eigenvalue weighted by atomic mass is 9.84. The van der Waals surface area contributed by atoms with Crippen LogP contribution in [0.3, 0.4) is 0 Å². The van der Waals surface area contributed by atoms with Gasteiger partial charge in [-0.25, -0.2) is 0 Å². The van der Waals surface area contributed by atoms with Gasteiger partial charge >= 0.3 is 0 Å². The van der Waals surface area contributed by atoms with Crippen molar-refractivity contribution in [3.63, 3.8) is 0 Å². The van der Waals surface area contributed by atoms with Crippen LogP contribution in [0.1, 0.15) is 51.9 Å². The predicted octanol–water partition coefficient (Wildman–Crippen LogP) is 3.00. The molecule has 2 fully saturated rings. The highest BCUT2D eigenvalue weighted by molar-refractivity contribution is 5.20. The first-order valence-corrected chi connectivity index (χ1v) is 5.71. The Hall–Kier alpha value is -0.300. The van der Waals surface area contributed by atoms with E-state index in [4.69, 9.17) is 5.73 Å². The van der Waals surface area contributed by atoms with Gasteiger partial charge in [-0.2, -0.15) is 0 Å². The molecule has 2 rings (SSSR count). The Morgan fingerprint density at radius 2 is 1.85 bits per heavy atom. The minimum atomic E-state index is 0.472. The molecule has 2 unspecified atom stereocenters. The molecular weight excluding hydrogens is 158 g/mol. The molecule has 2 saturated carbocycles. The summed E-state index contributed by atoms with van der Waals surface area (Å²) < 4.78 is 0. The van der Waals surface area contributed by atoms with E-state index in [1.165, 1.54) is 44.9 Å². The summed E-state index contributed by atoms with van der Waals surface area (Å²) in [6, 6.07) is 0.472. The molecule has 0 heterocycles. The summed E-state index contributed by atoms with van der Waals surface area (Å²) in [6.07, 6.45) is 9.30. The summed E-state index contributed by atoms with van der Waals surface area (Å²) in [7, 11) is 0. The van der Waals surface area contributed by atoms with Crippen molar-refractivity contribution >= 4 is 0 Å². The topological polar surface area (TPSA) is 26.0 Å². The minimum Gasteiger partial charge on any atom is -0.327 e. The Morgan fingerprint density at radius 1 is 1.08 bits per heavy atom. The Balaban J connectivity index is 2.05. The van der Waals surface area contributed by atoms with E-state index >= 15 is 0 Å². The van der Waals surface area contributed by atoms with Crippen LogP contribution in [-0.4, -0.2) is 6.04 Å². The van der Waals surface area contributed by atoms with Gasteiger partial charge in [-0.15, -0.1) is 0 Å². The van der Waals surface area contributed by atoms with E-state index in [1.807, 2.05) is 0 Å². The minimum absolute atomic E-state index is 0.472. The standard InChI is InChI=1S/C12H21N/c1-9-3-2-4-10(7-9)11-5-6-12(13)8-11/h9,12H,2-8,13H2,1H3/b11-10+. The SMILES string of the molecule is CC1CCC/C(=C2/CCC(N)C2)C1. The molecule has 0 bridgehead atoms. The van der Waals surface area contributed by atoms with E-state index in [9.17, 15) is 0 Å². The molecule has 0 aliphatic heterocycles. The molecule has 0 aromatic heterocycles. The van der Waals surface area contributed by atoms with Crippen molar-refractivity contribution in [3.05, 3.63) is 11.1 Å². The van der Waals surface area contributed by atoms with Gasteiger partial charge in [0.15, 0.2) is 0 Å². The van der Waals surface area contributed by atoms with Gasteiger partial charge in [0.05, 0.1) is 0 Å². The highest BCUT2D eigenvalue weighted by Gasteiger charge is 2.21. The Bertz CT molecular complexity index is 217. The highest BCUT2D eigenvalue weighted by atomic mass is 14.6. The molecule has 0 saturated heterocycles. The van der Waals surface area contributed by atoms with Crippen molar-refractivity contribution in [2.45, 2.75) is 57.9 Å². The largest absolute Gasteiger partial charge is 0.327 e. The quantitative estimate of drug-likeness (QED) is 0.568. The van der Waals surface area contributed by atoms with Crippen molar-refractivity contribution in [2.24, 2.45) is 11.7 Å². The van der Waals surface area contributed by atoms with Crippen LogP contribution in [-0.2, 0) is 0 Å². The molecule has 1 nitrogen and oxygen atoms in total. The number of rotatable bonds is 0. The van der Waals surface area contributed by atoms with Crippen LogP contribution in [0.2, 0.25) is 0 Å². The molecule has 0 aromatic carbocycles. The van der Waals surface area contributed by atoms with Gasteiger partial charge in [0.25, 0.3) is 0 Å². The summed E-state index contributed by atoms with van der Waals surface area (Å²) in [4.78, 5) is 0. The highest BCUT2D eigenvalue weighted by Crippen LogP contribution is 2.35. The van der Waals surface area contributed by atoms with Gasteiger partial charge in [0.2, 0.25) is 0 Å². The third kappa shape index (κ3) is 2.14. The van der Waals surface area contributed by atoms with E-state index in [2.05, 4.69) is 6.92 Å². The molecule has 2 aliphatic rings. The Morgan fingerprint density at radius 3 is 2.46 bits per heavy atom. The smallest absolute Gasteiger partial charge is 0.00792 e. The lowest BCUT2D eigenvalue weighted by molar-refractivity contribution is 0.448. The van der Waals surface area contributed by atoms with Crippen LogP contribution in [0.25, 0.3) is 0 Å². The van der Waals surface area contributed by atoms with Gasteiger partial charge in [-0.05, 0) is 44.4 Å². The molecule has 2 N–H and O–H groups in total. The summed E-state index contributed by atoms with van der Waals surface area (Å²) in [6.45, 7) is 2.38. The van der Waals surface area contributed by atoms with E-state index in [1.54, 1.807) is 11.1 Å². The zero-order chi connectivity index (χ0) is 9.26. The van der Waals surface area contributed by atoms with Gasteiger partial charge < -0.3 is 5.73 Å². The monoisotopic (exact) mass is 179 g/mol. The van der Waals surface area contributed by atoms with Gasteiger partial charge in [0, 0.05) is 6.04 Å². The normalized spacial score (nSPS) is 41.1. The van der Waals surface area contributed by atoms with Crippen LogP contribution in [0.4, 0.5) is 0 Å². The van der Waals surface area contributed by atoms with Crippen molar-refractivity contribution in [1.29, 1.82) is 0 Å². The van der Waals surface area contributed by atoms with Crippen LogP contribution in [0.5, 0.6) is 0 Å². The van der Waals surface area contributed by atoms with E-state index in [-0.39, 0.29) is 0 Å². The maximum absolute atomic E-state index is 5.93. The maximum atomic E-state index is 5.93. The zero-order valence-corrected chi connectivity index (χ0v) is 8.68. The molecule has 1 heteroatoms. The Kier molecular flexibility index (Phi) is 2.73. The van der Waals surface area contributed by atoms with Gasteiger partial charge in [0.1, 0.15) is 0 Å². The second kappa shape index (κ2) is 3.83. The fraction of sp³-hybridized carbons (Fsp3) is 0.833. The lowest BCUT2D eigenvalue weighted by Gasteiger charge is -2.22. The summed E-state index contributed by atoms with van der Waals surface area (Å²) in [5.74, 6) is 0.924.